The number of hydrogen-bond acceptors (Lipinski definition) is 3. The molecule has 0 atom stereocenters. The Morgan fingerprint density at radius 3 is 2.56 bits per heavy atom. The highest BCUT2D eigenvalue weighted by Gasteiger charge is 2.26. The number of aromatic nitrogens is 4. The van der Waals surface area contributed by atoms with Crippen LogP contribution in [-0.2, 0) is 5.41 Å². The van der Waals surface area contributed by atoms with Crippen molar-refractivity contribution in [2.24, 2.45) is 0 Å². The van der Waals surface area contributed by atoms with Crippen molar-refractivity contribution in [2.45, 2.75) is 46.0 Å². The van der Waals surface area contributed by atoms with Crippen LogP contribution in [0.5, 0.6) is 0 Å². The molecule has 86 valence electrons. The first-order chi connectivity index (χ1) is 7.62. The fourth-order valence-corrected chi connectivity index (χ4v) is 2.04. The van der Waals surface area contributed by atoms with Crippen molar-refractivity contribution in [2.75, 3.05) is 0 Å². The molecule has 4 heteroatoms. The summed E-state index contributed by atoms with van der Waals surface area (Å²) in [6.45, 7) is 8.71. The number of rotatable bonds is 3. The van der Waals surface area contributed by atoms with Crippen LogP contribution in [0, 0.1) is 6.92 Å². The highest BCUT2D eigenvalue weighted by atomic mass is 15.5. The molecule has 0 saturated heterocycles. The molecule has 0 aromatic carbocycles. The zero-order valence-electron chi connectivity index (χ0n) is 10.4. The van der Waals surface area contributed by atoms with Gasteiger partial charge in [-0.1, -0.05) is 26.8 Å². The van der Waals surface area contributed by atoms with E-state index in [1.54, 1.807) is 0 Å². The highest BCUT2D eigenvalue weighted by molar-refractivity contribution is 5.51. The molecule has 0 amide bonds. The van der Waals surface area contributed by atoms with E-state index < -0.39 is 0 Å². The van der Waals surface area contributed by atoms with Crippen molar-refractivity contribution in [3.63, 3.8) is 0 Å². The number of aryl methyl sites for hydroxylation is 1. The standard InChI is InChI=1S/C12H18N4/c1-5-12(4,6-2)10-8-7-9(3)16-11(10)13-14-15-16/h7-8H,5-6H2,1-4H3. The van der Waals surface area contributed by atoms with Gasteiger partial charge in [-0.25, -0.2) is 0 Å². The largest absolute Gasteiger partial charge is 0.198 e. The van der Waals surface area contributed by atoms with Crippen LogP contribution in [0.1, 0.15) is 44.9 Å². The summed E-state index contributed by atoms with van der Waals surface area (Å²) < 4.78 is 1.82. The minimum absolute atomic E-state index is 0.156. The quantitative estimate of drug-likeness (QED) is 0.795. The second-order valence-corrected chi connectivity index (χ2v) is 4.57. The Balaban J connectivity index is 2.69. The van der Waals surface area contributed by atoms with E-state index in [-0.39, 0.29) is 5.41 Å². The minimum Gasteiger partial charge on any atom is -0.198 e. The van der Waals surface area contributed by atoms with Gasteiger partial charge in [-0.2, -0.15) is 4.52 Å². The molecule has 0 aliphatic heterocycles. The molecule has 16 heavy (non-hydrogen) atoms. The Kier molecular flexibility index (Phi) is 2.66. The molecule has 0 aliphatic carbocycles. The highest BCUT2D eigenvalue weighted by Crippen LogP contribution is 2.33. The summed E-state index contributed by atoms with van der Waals surface area (Å²) in [5, 5.41) is 11.9. The lowest BCUT2D eigenvalue weighted by molar-refractivity contribution is 0.440. The van der Waals surface area contributed by atoms with E-state index in [9.17, 15) is 0 Å². The van der Waals surface area contributed by atoms with Gasteiger partial charge in [-0.15, -0.1) is 5.10 Å². The molecule has 0 saturated carbocycles. The molecule has 2 aromatic heterocycles. The van der Waals surface area contributed by atoms with Crippen LogP contribution in [0.15, 0.2) is 12.1 Å². The molecule has 0 unspecified atom stereocenters. The third kappa shape index (κ3) is 1.49. The lowest BCUT2D eigenvalue weighted by Crippen LogP contribution is -2.21. The van der Waals surface area contributed by atoms with Crippen LogP contribution in [0.4, 0.5) is 0 Å². The van der Waals surface area contributed by atoms with Crippen LogP contribution in [0.2, 0.25) is 0 Å². The summed E-state index contributed by atoms with van der Waals surface area (Å²) in [4.78, 5) is 0. The van der Waals surface area contributed by atoms with Crippen molar-refractivity contribution < 1.29 is 0 Å². The number of fused-ring (bicyclic) bond motifs is 1. The SMILES string of the molecule is CCC(C)(CC)c1ccc(C)n2nnnc12. The van der Waals surface area contributed by atoms with Gasteiger partial charge < -0.3 is 0 Å². The first-order valence-corrected chi connectivity index (χ1v) is 5.80. The van der Waals surface area contributed by atoms with Crippen molar-refractivity contribution in [3.8, 4) is 0 Å². The van der Waals surface area contributed by atoms with Gasteiger partial charge in [0, 0.05) is 11.3 Å². The van der Waals surface area contributed by atoms with Crippen LogP contribution in [0.25, 0.3) is 5.65 Å². The van der Waals surface area contributed by atoms with Gasteiger partial charge in [-0.3, -0.25) is 0 Å². The predicted octanol–water partition coefficient (Wildman–Crippen LogP) is 2.51. The van der Waals surface area contributed by atoms with Gasteiger partial charge in [0.05, 0.1) is 0 Å². The van der Waals surface area contributed by atoms with E-state index in [0.29, 0.717) is 0 Å². The van der Waals surface area contributed by atoms with Gasteiger partial charge in [-0.05, 0) is 41.7 Å². The average Bonchev–Trinajstić information content (AvgIpc) is 2.78. The summed E-state index contributed by atoms with van der Waals surface area (Å²) in [6, 6.07) is 4.25. The number of pyridine rings is 1. The van der Waals surface area contributed by atoms with Crippen molar-refractivity contribution >= 4 is 5.65 Å². The third-order valence-corrected chi connectivity index (χ3v) is 3.75. The lowest BCUT2D eigenvalue weighted by Gasteiger charge is -2.27. The Bertz CT molecular complexity index is 497. The maximum absolute atomic E-state index is 4.14. The summed E-state index contributed by atoms with van der Waals surface area (Å²) in [6.07, 6.45) is 2.18. The molecule has 0 radical (unpaired) electrons. The fourth-order valence-electron chi connectivity index (χ4n) is 2.04. The van der Waals surface area contributed by atoms with Gasteiger partial charge in [0.15, 0.2) is 5.65 Å². The molecule has 0 N–H and O–H groups in total. The number of tetrazole rings is 1. The molecule has 4 nitrogen and oxygen atoms in total. The zero-order valence-corrected chi connectivity index (χ0v) is 10.4. The van der Waals surface area contributed by atoms with Crippen LogP contribution < -0.4 is 0 Å². The molecule has 0 fully saturated rings. The van der Waals surface area contributed by atoms with Crippen LogP contribution in [-0.4, -0.2) is 20.0 Å². The van der Waals surface area contributed by atoms with E-state index >= 15 is 0 Å². The second kappa shape index (κ2) is 3.85. The van der Waals surface area contributed by atoms with Crippen LogP contribution in [0.3, 0.4) is 0 Å². The lowest BCUT2D eigenvalue weighted by atomic mass is 9.78. The van der Waals surface area contributed by atoms with Crippen molar-refractivity contribution in [1.82, 2.24) is 20.0 Å². The van der Waals surface area contributed by atoms with Gasteiger partial charge in [0.1, 0.15) is 0 Å². The summed E-state index contributed by atoms with van der Waals surface area (Å²) in [5.74, 6) is 0. The Hall–Kier alpha value is -1.45. The molecule has 2 rings (SSSR count). The zero-order chi connectivity index (χ0) is 11.8. The predicted molar refractivity (Wildman–Crippen MR) is 63.5 cm³/mol. The smallest absolute Gasteiger partial charge is 0.183 e. The molecular formula is C12H18N4. The first kappa shape index (κ1) is 11.0. The van der Waals surface area contributed by atoms with E-state index in [0.717, 1.165) is 24.2 Å². The monoisotopic (exact) mass is 218 g/mol. The van der Waals surface area contributed by atoms with Crippen molar-refractivity contribution in [1.29, 1.82) is 0 Å². The summed E-state index contributed by atoms with van der Waals surface area (Å²) in [7, 11) is 0. The fraction of sp³-hybridized carbons (Fsp3) is 0.583. The van der Waals surface area contributed by atoms with E-state index in [1.165, 1.54) is 5.56 Å². The molecule has 0 spiro atoms. The maximum Gasteiger partial charge on any atom is 0.183 e. The van der Waals surface area contributed by atoms with E-state index in [4.69, 9.17) is 0 Å². The van der Waals surface area contributed by atoms with E-state index in [1.807, 2.05) is 11.4 Å². The molecule has 2 aromatic rings. The topological polar surface area (TPSA) is 43.1 Å². The summed E-state index contributed by atoms with van der Waals surface area (Å²) >= 11 is 0. The Morgan fingerprint density at radius 2 is 1.94 bits per heavy atom. The first-order valence-electron chi connectivity index (χ1n) is 5.80. The van der Waals surface area contributed by atoms with Gasteiger partial charge >= 0.3 is 0 Å². The number of hydrogen-bond donors (Lipinski definition) is 0. The van der Waals surface area contributed by atoms with Crippen molar-refractivity contribution in [3.05, 3.63) is 23.4 Å². The Labute approximate surface area is 95.7 Å². The average molecular weight is 218 g/mol. The van der Waals surface area contributed by atoms with Gasteiger partial charge in [0.25, 0.3) is 0 Å². The maximum atomic E-state index is 4.14. The van der Waals surface area contributed by atoms with E-state index in [2.05, 4.69) is 48.4 Å². The normalized spacial score (nSPS) is 12.2. The summed E-state index contributed by atoms with van der Waals surface area (Å²) in [5.41, 5.74) is 3.36. The molecule has 0 bridgehead atoms. The second-order valence-electron chi connectivity index (χ2n) is 4.57. The van der Waals surface area contributed by atoms with Gasteiger partial charge in [0.2, 0.25) is 0 Å². The Morgan fingerprint density at radius 1 is 1.25 bits per heavy atom. The number of nitrogens with zero attached hydrogens (tertiary/aromatic N) is 4. The van der Waals surface area contributed by atoms with Crippen LogP contribution >= 0.6 is 0 Å². The third-order valence-electron chi connectivity index (χ3n) is 3.75. The molecular weight excluding hydrogens is 200 g/mol. The minimum atomic E-state index is 0.156. The molecule has 0 aliphatic rings. The molecule has 2 heterocycles.